The molecular weight excluding hydrogens is 354 g/mol. The van der Waals surface area contributed by atoms with Crippen LogP contribution in [0, 0.1) is 5.92 Å². The predicted molar refractivity (Wildman–Crippen MR) is 99.2 cm³/mol. The lowest BCUT2D eigenvalue weighted by atomic mass is 9.53. The van der Waals surface area contributed by atoms with E-state index < -0.39 is 0 Å². The highest BCUT2D eigenvalue weighted by Gasteiger charge is 2.57. The second kappa shape index (κ2) is 6.17. The molecule has 3 aliphatic rings. The van der Waals surface area contributed by atoms with Crippen LogP contribution < -0.4 is 9.47 Å². The van der Waals surface area contributed by atoms with Crippen LogP contribution in [0.25, 0.3) is 0 Å². The smallest absolute Gasteiger partial charge is 0.197 e. The van der Waals surface area contributed by atoms with Crippen molar-refractivity contribution in [1.82, 2.24) is 4.90 Å². The van der Waals surface area contributed by atoms with E-state index in [-0.39, 0.29) is 23.2 Å². The fourth-order valence-corrected chi connectivity index (χ4v) is 5.51. The van der Waals surface area contributed by atoms with Crippen molar-refractivity contribution in [3.05, 3.63) is 34.1 Å². The van der Waals surface area contributed by atoms with Crippen molar-refractivity contribution in [3.63, 3.8) is 0 Å². The second-order valence-electron chi connectivity index (χ2n) is 7.47. The third-order valence-corrected chi connectivity index (χ3v) is 6.80. The number of hydrogen-bond donors (Lipinski definition) is 0. The molecule has 3 atom stereocenters. The van der Waals surface area contributed by atoms with E-state index in [4.69, 9.17) is 25.8 Å². The number of piperidine rings is 1. The van der Waals surface area contributed by atoms with Crippen molar-refractivity contribution in [3.8, 4) is 11.5 Å². The molecule has 0 saturated carbocycles. The van der Waals surface area contributed by atoms with Crippen molar-refractivity contribution in [1.29, 1.82) is 0 Å². The van der Waals surface area contributed by atoms with Crippen LogP contribution in [0.3, 0.4) is 0 Å². The van der Waals surface area contributed by atoms with Gasteiger partial charge in [-0.3, -0.25) is 4.79 Å². The largest absolute Gasteiger partial charge is 0.493 e. The number of nitrogens with zero attached hydrogens (tertiary/aromatic N) is 1. The van der Waals surface area contributed by atoms with E-state index in [0.29, 0.717) is 28.7 Å². The van der Waals surface area contributed by atoms with E-state index >= 15 is 0 Å². The SMILES string of the molecule is COC1=C[C@H]2[C@H]3Cc4c(Cl)cc(OC)c(OC)c4[C@@]2(CCN3C)CC1=O. The standard InChI is InChI=1S/C20H24ClNO4/c1-22-6-5-20-10-15(23)16(24-2)8-12(20)14(22)7-11-13(21)9-17(25-3)19(26-4)18(11)20/h8-9,12,14H,5-7,10H2,1-4H3/t12-,14+,20-/m0/s1. The molecule has 0 unspecified atom stereocenters. The molecule has 26 heavy (non-hydrogen) atoms. The van der Waals surface area contributed by atoms with Crippen LogP contribution in [-0.4, -0.2) is 51.6 Å². The molecule has 0 radical (unpaired) electrons. The minimum Gasteiger partial charge on any atom is -0.493 e. The highest BCUT2D eigenvalue weighted by atomic mass is 35.5. The average Bonchev–Trinajstić information content (AvgIpc) is 2.64. The van der Waals surface area contributed by atoms with Gasteiger partial charge in [-0.25, -0.2) is 0 Å². The van der Waals surface area contributed by atoms with Gasteiger partial charge in [0, 0.05) is 40.4 Å². The minimum absolute atomic E-state index is 0.0425. The van der Waals surface area contributed by atoms with Crippen LogP contribution in [0.4, 0.5) is 0 Å². The Bertz CT molecular complexity index is 805. The summed E-state index contributed by atoms with van der Waals surface area (Å²) in [6, 6.07) is 2.11. The van der Waals surface area contributed by atoms with Gasteiger partial charge in [0.05, 0.1) is 21.3 Å². The molecule has 140 valence electrons. The number of hydrogen-bond acceptors (Lipinski definition) is 5. The first-order valence-corrected chi connectivity index (χ1v) is 9.27. The van der Waals surface area contributed by atoms with Crippen LogP contribution in [-0.2, 0) is 21.4 Å². The number of halogens is 1. The Morgan fingerprint density at radius 1 is 1.23 bits per heavy atom. The molecule has 1 aromatic carbocycles. The number of likely N-dealkylation sites (tertiary alicyclic amines) is 1. The average molecular weight is 378 g/mol. The van der Waals surface area contributed by atoms with E-state index in [0.717, 1.165) is 30.5 Å². The zero-order valence-electron chi connectivity index (χ0n) is 15.6. The number of ketones is 1. The molecule has 5 nitrogen and oxygen atoms in total. The maximum absolute atomic E-state index is 12.8. The molecule has 2 bridgehead atoms. The zero-order valence-corrected chi connectivity index (χ0v) is 16.4. The summed E-state index contributed by atoms with van der Waals surface area (Å²) in [6.07, 6.45) is 4.13. The van der Waals surface area contributed by atoms with Gasteiger partial charge in [0.1, 0.15) is 0 Å². The molecule has 0 aromatic heterocycles. The summed E-state index contributed by atoms with van der Waals surface area (Å²) in [4.78, 5) is 15.2. The molecule has 4 rings (SSSR count). The first-order chi connectivity index (χ1) is 12.5. The molecule has 0 amide bonds. The number of ether oxygens (including phenoxy) is 3. The number of allylic oxidation sites excluding steroid dienone is 1. The molecule has 1 heterocycles. The van der Waals surface area contributed by atoms with Crippen molar-refractivity contribution in [2.24, 2.45) is 5.92 Å². The molecule has 1 aliphatic heterocycles. The predicted octanol–water partition coefficient (Wildman–Crippen LogP) is 2.97. The highest BCUT2D eigenvalue weighted by Crippen LogP contribution is 2.59. The Labute approximate surface area is 158 Å². The van der Waals surface area contributed by atoms with E-state index in [1.54, 1.807) is 21.3 Å². The lowest BCUT2D eigenvalue weighted by Crippen LogP contribution is -2.60. The topological polar surface area (TPSA) is 48.0 Å². The molecule has 2 aliphatic carbocycles. The van der Waals surface area contributed by atoms with Gasteiger partial charge < -0.3 is 19.1 Å². The Balaban J connectivity index is 2.03. The molecule has 6 heteroatoms. The van der Waals surface area contributed by atoms with Crippen LogP contribution in [0.2, 0.25) is 5.02 Å². The minimum atomic E-state index is -0.326. The maximum Gasteiger partial charge on any atom is 0.197 e. The molecule has 1 saturated heterocycles. The third kappa shape index (κ3) is 2.23. The van der Waals surface area contributed by atoms with Gasteiger partial charge >= 0.3 is 0 Å². The molecule has 0 spiro atoms. The summed E-state index contributed by atoms with van der Waals surface area (Å²) < 4.78 is 16.7. The Kier molecular flexibility index (Phi) is 4.20. The summed E-state index contributed by atoms with van der Waals surface area (Å²) in [5, 5.41) is 0.685. The van der Waals surface area contributed by atoms with Crippen molar-refractivity contribution >= 4 is 17.4 Å². The molecule has 0 N–H and O–H groups in total. The van der Waals surface area contributed by atoms with E-state index in [1.165, 1.54) is 0 Å². The zero-order chi connectivity index (χ0) is 18.6. The van der Waals surface area contributed by atoms with Gasteiger partial charge in [-0.2, -0.15) is 0 Å². The number of likely N-dealkylation sites (N-methyl/N-ethyl adjacent to an activating group) is 1. The summed E-state index contributed by atoms with van der Waals surface area (Å²) in [5.74, 6) is 2.03. The first-order valence-electron chi connectivity index (χ1n) is 8.90. The van der Waals surface area contributed by atoms with Crippen molar-refractivity contribution in [2.45, 2.75) is 30.7 Å². The summed E-state index contributed by atoms with van der Waals surface area (Å²) in [6.45, 7) is 0.933. The van der Waals surface area contributed by atoms with E-state index in [9.17, 15) is 4.79 Å². The van der Waals surface area contributed by atoms with Gasteiger partial charge in [0.15, 0.2) is 23.0 Å². The van der Waals surface area contributed by atoms with Crippen LogP contribution >= 0.6 is 11.6 Å². The highest BCUT2D eigenvalue weighted by molar-refractivity contribution is 6.31. The summed E-state index contributed by atoms with van der Waals surface area (Å²) >= 11 is 6.66. The van der Waals surface area contributed by atoms with Crippen LogP contribution in [0.5, 0.6) is 11.5 Å². The summed E-state index contributed by atoms with van der Waals surface area (Å²) in [7, 11) is 6.98. The Hall–Kier alpha value is -1.72. The van der Waals surface area contributed by atoms with Gasteiger partial charge in [-0.1, -0.05) is 11.6 Å². The van der Waals surface area contributed by atoms with Crippen LogP contribution in [0.1, 0.15) is 24.0 Å². The second-order valence-corrected chi connectivity index (χ2v) is 7.87. The van der Waals surface area contributed by atoms with Crippen LogP contribution in [0.15, 0.2) is 17.9 Å². The number of benzene rings is 1. The fourth-order valence-electron chi connectivity index (χ4n) is 5.24. The van der Waals surface area contributed by atoms with Crippen molar-refractivity contribution < 1.29 is 19.0 Å². The Morgan fingerprint density at radius 3 is 2.65 bits per heavy atom. The first kappa shape index (κ1) is 17.7. The van der Waals surface area contributed by atoms with Gasteiger partial charge in [0.2, 0.25) is 0 Å². The molecule has 1 fully saturated rings. The lowest BCUT2D eigenvalue weighted by molar-refractivity contribution is -0.122. The number of Topliss-reactive ketones (excluding diaryl/α,β-unsaturated/α-hetero) is 1. The normalized spacial score (nSPS) is 30.2. The van der Waals surface area contributed by atoms with Gasteiger partial charge in [-0.15, -0.1) is 0 Å². The fraction of sp³-hybridized carbons (Fsp3) is 0.550. The monoisotopic (exact) mass is 377 g/mol. The summed E-state index contributed by atoms with van der Waals surface area (Å²) in [5.41, 5.74) is 1.81. The van der Waals surface area contributed by atoms with E-state index in [1.807, 2.05) is 12.1 Å². The van der Waals surface area contributed by atoms with Crippen molar-refractivity contribution in [2.75, 3.05) is 34.9 Å². The number of carbonyl (C=O) groups is 1. The number of methoxy groups -OCH3 is 3. The molecule has 1 aromatic rings. The van der Waals surface area contributed by atoms with E-state index in [2.05, 4.69) is 11.9 Å². The maximum atomic E-state index is 12.8. The lowest BCUT2D eigenvalue weighted by Gasteiger charge is -2.56. The quantitative estimate of drug-likeness (QED) is 0.810. The van der Waals surface area contributed by atoms with Gasteiger partial charge in [0.25, 0.3) is 0 Å². The number of carbonyl (C=O) groups excluding carboxylic acids is 1. The van der Waals surface area contributed by atoms with Gasteiger partial charge in [-0.05, 0) is 38.1 Å². The Morgan fingerprint density at radius 2 is 2.00 bits per heavy atom. The molecular formula is C20H24ClNO4. The number of rotatable bonds is 3. The number of fused-ring (bicyclic) bond motifs is 1. The third-order valence-electron chi connectivity index (χ3n) is 6.46.